The maximum absolute atomic E-state index is 11.7. The van der Waals surface area contributed by atoms with Crippen molar-refractivity contribution in [2.75, 3.05) is 25.0 Å². The molecule has 1 aliphatic rings. The van der Waals surface area contributed by atoms with Crippen LogP contribution in [0.15, 0.2) is 6.33 Å². The third-order valence-electron chi connectivity index (χ3n) is 3.62. The van der Waals surface area contributed by atoms with Gasteiger partial charge in [0.2, 0.25) is 5.28 Å². The molecule has 0 atom stereocenters. The number of anilines is 1. The molecule has 8 nitrogen and oxygen atoms in total. The van der Waals surface area contributed by atoms with E-state index >= 15 is 0 Å². The van der Waals surface area contributed by atoms with Crippen LogP contribution in [0.4, 0.5) is 10.6 Å². The molecule has 1 fully saturated rings. The minimum atomic E-state index is -0.248. The van der Waals surface area contributed by atoms with Gasteiger partial charge >= 0.3 is 6.09 Å². The smallest absolute Gasteiger partial charge is 0.409 e. The van der Waals surface area contributed by atoms with Crippen molar-refractivity contribution in [3.8, 4) is 0 Å². The second-order valence-electron chi connectivity index (χ2n) is 5.05. The standard InChI is InChI=1S/C13H17ClN6O2/c1-2-22-13(21)20-5-3-8(4-6-20)17-11-9-10(16-7-15-9)18-12(14)19-11/h7-8H,2-6H2,1H3,(H2,15,16,17,18,19). The lowest BCUT2D eigenvalue weighted by Crippen LogP contribution is -2.42. The van der Waals surface area contributed by atoms with Crippen LogP contribution in [0, 0.1) is 0 Å². The molecule has 0 bridgehead atoms. The third kappa shape index (κ3) is 3.06. The highest BCUT2D eigenvalue weighted by Gasteiger charge is 2.24. The van der Waals surface area contributed by atoms with E-state index in [-0.39, 0.29) is 17.4 Å². The van der Waals surface area contributed by atoms with Crippen LogP contribution in [0.3, 0.4) is 0 Å². The van der Waals surface area contributed by atoms with Crippen LogP contribution in [0.25, 0.3) is 11.2 Å². The van der Waals surface area contributed by atoms with Gasteiger partial charge in [-0.25, -0.2) is 9.78 Å². The lowest BCUT2D eigenvalue weighted by Gasteiger charge is -2.31. The first-order valence-electron chi connectivity index (χ1n) is 7.22. The molecule has 0 saturated carbocycles. The number of carbonyl (C=O) groups excluding carboxylic acids is 1. The fraction of sp³-hybridized carbons (Fsp3) is 0.538. The number of carbonyl (C=O) groups is 1. The summed E-state index contributed by atoms with van der Waals surface area (Å²) in [5.74, 6) is 0.641. The number of aromatic nitrogens is 4. The van der Waals surface area contributed by atoms with Crippen LogP contribution in [0.5, 0.6) is 0 Å². The van der Waals surface area contributed by atoms with Crippen molar-refractivity contribution in [1.29, 1.82) is 0 Å². The zero-order valence-electron chi connectivity index (χ0n) is 12.2. The van der Waals surface area contributed by atoms with Gasteiger partial charge in [0.1, 0.15) is 5.52 Å². The number of hydrogen-bond acceptors (Lipinski definition) is 6. The fourth-order valence-corrected chi connectivity index (χ4v) is 2.69. The second kappa shape index (κ2) is 6.35. The van der Waals surface area contributed by atoms with E-state index in [0.717, 1.165) is 18.4 Å². The molecule has 2 aromatic heterocycles. The number of nitrogens with one attached hydrogen (secondary N) is 2. The first-order valence-corrected chi connectivity index (χ1v) is 7.60. The quantitative estimate of drug-likeness (QED) is 0.839. The summed E-state index contributed by atoms with van der Waals surface area (Å²) < 4.78 is 5.01. The van der Waals surface area contributed by atoms with Crippen LogP contribution < -0.4 is 5.32 Å². The van der Waals surface area contributed by atoms with Crippen LogP contribution in [0.1, 0.15) is 19.8 Å². The number of ether oxygens (including phenoxy) is 1. The molecule has 1 saturated heterocycles. The summed E-state index contributed by atoms with van der Waals surface area (Å²) in [4.78, 5) is 28.8. The summed E-state index contributed by atoms with van der Waals surface area (Å²) in [6.45, 7) is 3.51. The van der Waals surface area contributed by atoms with Crippen molar-refractivity contribution in [2.45, 2.75) is 25.8 Å². The highest BCUT2D eigenvalue weighted by atomic mass is 35.5. The summed E-state index contributed by atoms with van der Waals surface area (Å²) in [5, 5.41) is 3.52. The third-order valence-corrected chi connectivity index (χ3v) is 3.79. The van der Waals surface area contributed by atoms with Crippen LogP contribution in [0.2, 0.25) is 5.28 Å². The first-order chi connectivity index (χ1) is 10.7. The number of H-pyrrole nitrogens is 1. The number of fused-ring (bicyclic) bond motifs is 1. The van der Waals surface area contributed by atoms with E-state index in [1.165, 1.54) is 0 Å². The molecule has 0 aliphatic carbocycles. The van der Waals surface area contributed by atoms with Crippen LogP contribution in [-0.2, 0) is 4.74 Å². The number of piperidine rings is 1. The molecule has 0 spiro atoms. The molecular weight excluding hydrogens is 308 g/mol. The fourth-order valence-electron chi connectivity index (χ4n) is 2.53. The second-order valence-corrected chi connectivity index (χ2v) is 5.39. The maximum Gasteiger partial charge on any atom is 0.409 e. The van der Waals surface area contributed by atoms with Gasteiger partial charge in [-0.05, 0) is 31.4 Å². The zero-order chi connectivity index (χ0) is 15.5. The molecule has 118 valence electrons. The summed E-state index contributed by atoms with van der Waals surface area (Å²) in [7, 11) is 0. The van der Waals surface area contributed by atoms with Crippen molar-refractivity contribution in [1.82, 2.24) is 24.8 Å². The van der Waals surface area contributed by atoms with Crippen molar-refractivity contribution in [2.24, 2.45) is 0 Å². The van der Waals surface area contributed by atoms with Gasteiger partial charge in [0.15, 0.2) is 11.5 Å². The van der Waals surface area contributed by atoms with E-state index in [1.807, 2.05) is 0 Å². The number of imidazole rings is 1. The molecule has 3 rings (SSSR count). The molecule has 1 aliphatic heterocycles. The Morgan fingerprint density at radius 2 is 2.27 bits per heavy atom. The van der Waals surface area contributed by atoms with Gasteiger partial charge in [-0.2, -0.15) is 9.97 Å². The molecular formula is C13H17ClN6O2. The molecule has 3 heterocycles. The molecule has 1 amide bonds. The predicted octanol–water partition coefficient (Wildman–Crippen LogP) is 2.04. The van der Waals surface area contributed by atoms with Gasteiger partial charge in [0, 0.05) is 19.1 Å². The van der Waals surface area contributed by atoms with Gasteiger partial charge in [0.25, 0.3) is 0 Å². The summed E-state index contributed by atoms with van der Waals surface area (Å²) in [5.41, 5.74) is 1.27. The first kappa shape index (κ1) is 14.8. The molecule has 0 unspecified atom stereocenters. The number of rotatable bonds is 3. The van der Waals surface area contributed by atoms with E-state index in [9.17, 15) is 4.79 Å². The number of nitrogens with zero attached hydrogens (tertiary/aromatic N) is 4. The van der Waals surface area contributed by atoms with Gasteiger partial charge in [-0.15, -0.1) is 0 Å². The van der Waals surface area contributed by atoms with Crippen LogP contribution in [-0.4, -0.2) is 56.7 Å². The van der Waals surface area contributed by atoms with E-state index in [0.29, 0.717) is 31.2 Å². The Morgan fingerprint density at radius 1 is 1.50 bits per heavy atom. The predicted molar refractivity (Wildman–Crippen MR) is 81.9 cm³/mol. The van der Waals surface area contributed by atoms with E-state index in [4.69, 9.17) is 16.3 Å². The lowest BCUT2D eigenvalue weighted by atomic mass is 10.1. The molecule has 2 N–H and O–H groups in total. The number of likely N-dealkylation sites (tertiary alicyclic amines) is 1. The summed E-state index contributed by atoms with van der Waals surface area (Å²) in [6, 6.07) is 0.211. The number of halogens is 1. The SMILES string of the molecule is CCOC(=O)N1CCC(Nc2nc(Cl)nc3nc[nH]c23)CC1. The minimum absolute atomic E-state index is 0.158. The zero-order valence-corrected chi connectivity index (χ0v) is 12.9. The molecule has 9 heteroatoms. The maximum atomic E-state index is 11.7. The Balaban J connectivity index is 1.65. The largest absolute Gasteiger partial charge is 0.450 e. The summed E-state index contributed by atoms with van der Waals surface area (Å²) >= 11 is 5.91. The molecule has 0 aromatic carbocycles. The average molecular weight is 325 g/mol. The Hall–Kier alpha value is -2.09. The molecule has 0 radical (unpaired) electrons. The van der Waals surface area contributed by atoms with E-state index in [2.05, 4.69) is 25.3 Å². The van der Waals surface area contributed by atoms with E-state index < -0.39 is 0 Å². The van der Waals surface area contributed by atoms with E-state index in [1.54, 1.807) is 18.2 Å². The lowest BCUT2D eigenvalue weighted by molar-refractivity contribution is 0.0983. The highest BCUT2D eigenvalue weighted by Crippen LogP contribution is 2.22. The van der Waals surface area contributed by atoms with Gasteiger partial charge in [0.05, 0.1) is 12.9 Å². The molecule has 2 aromatic rings. The molecule has 22 heavy (non-hydrogen) atoms. The van der Waals surface area contributed by atoms with Gasteiger partial charge < -0.3 is 19.9 Å². The normalized spacial score (nSPS) is 16.0. The number of hydrogen-bond donors (Lipinski definition) is 2. The van der Waals surface area contributed by atoms with Crippen molar-refractivity contribution in [3.63, 3.8) is 0 Å². The van der Waals surface area contributed by atoms with Gasteiger partial charge in [-0.3, -0.25) is 0 Å². The summed E-state index contributed by atoms with van der Waals surface area (Å²) in [6.07, 6.45) is 2.94. The monoisotopic (exact) mass is 324 g/mol. The van der Waals surface area contributed by atoms with Crippen molar-refractivity contribution >= 4 is 34.7 Å². The van der Waals surface area contributed by atoms with Crippen molar-refractivity contribution in [3.05, 3.63) is 11.6 Å². The Kier molecular flexibility index (Phi) is 4.28. The number of aromatic amines is 1. The Morgan fingerprint density at radius 3 is 3.00 bits per heavy atom. The minimum Gasteiger partial charge on any atom is -0.450 e. The highest BCUT2D eigenvalue weighted by molar-refractivity contribution is 6.28. The van der Waals surface area contributed by atoms with Gasteiger partial charge in [-0.1, -0.05) is 0 Å². The number of amides is 1. The Labute approximate surface area is 132 Å². The van der Waals surface area contributed by atoms with Crippen molar-refractivity contribution < 1.29 is 9.53 Å². The topological polar surface area (TPSA) is 96.0 Å². The van der Waals surface area contributed by atoms with Crippen LogP contribution >= 0.6 is 11.6 Å². The Bertz CT molecular complexity index is 668. The average Bonchev–Trinajstić information content (AvgIpc) is 2.96.